The molecule has 2 N–H and O–H groups in total. The van der Waals surface area contributed by atoms with E-state index < -0.39 is 0 Å². The average molecular weight is 263 g/mol. The number of allylic oxidation sites excluding steroid dienone is 4. The van der Waals surface area contributed by atoms with Crippen molar-refractivity contribution < 1.29 is 4.79 Å². The molecule has 2 heterocycles. The summed E-state index contributed by atoms with van der Waals surface area (Å²) < 4.78 is 0. The molecule has 0 bridgehead atoms. The van der Waals surface area contributed by atoms with E-state index >= 15 is 0 Å². The van der Waals surface area contributed by atoms with Crippen LogP contribution in [0.4, 0.5) is 0 Å². The van der Waals surface area contributed by atoms with Crippen molar-refractivity contribution in [2.75, 3.05) is 0 Å². The predicted octanol–water partition coefficient (Wildman–Crippen LogP) is 2.54. The van der Waals surface area contributed by atoms with E-state index in [2.05, 4.69) is 21.6 Å². The Labute approximate surface area is 115 Å². The van der Waals surface area contributed by atoms with Crippen molar-refractivity contribution in [1.82, 2.24) is 15.5 Å². The zero-order chi connectivity index (χ0) is 13.5. The Hall–Kier alpha value is -2.62. The van der Waals surface area contributed by atoms with Gasteiger partial charge in [-0.3, -0.25) is 9.89 Å². The summed E-state index contributed by atoms with van der Waals surface area (Å²) in [6.07, 6.45) is 10.7. The van der Waals surface area contributed by atoms with Crippen LogP contribution in [0.25, 0.3) is 17.0 Å². The second-order valence-electron chi connectivity index (χ2n) is 5.11. The van der Waals surface area contributed by atoms with Gasteiger partial charge in [0.1, 0.15) is 0 Å². The molecule has 1 aromatic carbocycles. The topological polar surface area (TPSA) is 57.8 Å². The van der Waals surface area contributed by atoms with E-state index in [4.69, 9.17) is 0 Å². The second kappa shape index (κ2) is 4.20. The van der Waals surface area contributed by atoms with Crippen molar-refractivity contribution in [3.05, 3.63) is 59.5 Å². The predicted molar refractivity (Wildman–Crippen MR) is 77.5 cm³/mol. The van der Waals surface area contributed by atoms with E-state index in [-0.39, 0.29) is 11.8 Å². The molecule has 4 rings (SSSR count). The van der Waals surface area contributed by atoms with Gasteiger partial charge in [0.2, 0.25) is 0 Å². The molecular formula is C16H13N3O. The molecule has 1 amide bonds. The van der Waals surface area contributed by atoms with Crippen LogP contribution in [-0.4, -0.2) is 16.1 Å². The lowest BCUT2D eigenvalue weighted by Gasteiger charge is -2.11. The number of hydrogen-bond donors (Lipinski definition) is 2. The Morgan fingerprint density at radius 1 is 1.35 bits per heavy atom. The Morgan fingerprint density at radius 3 is 3.25 bits per heavy atom. The molecule has 98 valence electrons. The molecule has 0 spiro atoms. The highest BCUT2D eigenvalue weighted by atomic mass is 16.2. The lowest BCUT2D eigenvalue weighted by molar-refractivity contribution is -0.115. The number of aromatic nitrogens is 2. The summed E-state index contributed by atoms with van der Waals surface area (Å²) in [6, 6.07) is 6.04. The summed E-state index contributed by atoms with van der Waals surface area (Å²) >= 11 is 0. The zero-order valence-electron chi connectivity index (χ0n) is 10.8. The number of nitrogens with zero attached hydrogens (tertiary/aromatic N) is 1. The Kier molecular flexibility index (Phi) is 2.36. The summed E-state index contributed by atoms with van der Waals surface area (Å²) in [5, 5.41) is 11.0. The van der Waals surface area contributed by atoms with E-state index in [1.54, 1.807) is 6.20 Å². The zero-order valence-corrected chi connectivity index (χ0v) is 10.8. The molecule has 2 aromatic rings. The van der Waals surface area contributed by atoms with Crippen LogP contribution in [0.15, 0.2) is 53.9 Å². The van der Waals surface area contributed by atoms with Crippen molar-refractivity contribution in [2.45, 2.75) is 6.42 Å². The van der Waals surface area contributed by atoms with Gasteiger partial charge in [-0.15, -0.1) is 0 Å². The van der Waals surface area contributed by atoms with Crippen LogP contribution in [0.1, 0.15) is 12.0 Å². The highest BCUT2D eigenvalue weighted by Crippen LogP contribution is 2.33. The number of nitrogens with one attached hydrogen (secondary N) is 2. The van der Waals surface area contributed by atoms with Crippen molar-refractivity contribution in [2.24, 2.45) is 5.92 Å². The smallest absolute Gasteiger partial charge is 0.252 e. The maximum atomic E-state index is 12.1. The van der Waals surface area contributed by atoms with Gasteiger partial charge < -0.3 is 5.32 Å². The van der Waals surface area contributed by atoms with Crippen molar-refractivity contribution in [3.63, 3.8) is 0 Å². The van der Waals surface area contributed by atoms with Gasteiger partial charge in [-0.05, 0) is 30.2 Å². The van der Waals surface area contributed by atoms with Crippen LogP contribution in [0, 0.1) is 5.92 Å². The SMILES string of the molecule is O=C1NC2=CC=CCC2/C1=C\c1ccc2cn[nH]c2c1. The first-order valence-electron chi connectivity index (χ1n) is 6.64. The number of rotatable bonds is 1. The van der Waals surface area contributed by atoms with Crippen molar-refractivity contribution >= 4 is 22.9 Å². The molecule has 2 aliphatic rings. The fraction of sp³-hybridized carbons (Fsp3) is 0.125. The number of hydrogen-bond acceptors (Lipinski definition) is 2. The Balaban J connectivity index is 1.77. The van der Waals surface area contributed by atoms with Gasteiger partial charge in [0.25, 0.3) is 5.91 Å². The molecule has 1 saturated heterocycles. The minimum atomic E-state index is 0.00894. The number of carbonyl (C=O) groups is 1. The highest BCUT2D eigenvalue weighted by molar-refractivity contribution is 6.03. The van der Waals surface area contributed by atoms with Crippen LogP contribution in [0.3, 0.4) is 0 Å². The molecule has 1 fully saturated rings. The van der Waals surface area contributed by atoms with Gasteiger partial charge in [0.15, 0.2) is 0 Å². The summed E-state index contributed by atoms with van der Waals surface area (Å²) in [4.78, 5) is 12.1. The normalized spacial score (nSPS) is 23.0. The maximum absolute atomic E-state index is 12.1. The molecule has 1 atom stereocenters. The number of fused-ring (bicyclic) bond motifs is 2. The van der Waals surface area contributed by atoms with E-state index in [0.29, 0.717) is 0 Å². The largest absolute Gasteiger partial charge is 0.325 e. The minimum absolute atomic E-state index is 0.00894. The van der Waals surface area contributed by atoms with E-state index in [1.165, 1.54) is 0 Å². The van der Waals surface area contributed by atoms with Crippen LogP contribution in [0.5, 0.6) is 0 Å². The van der Waals surface area contributed by atoms with Gasteiger partial charge in [0.05, 0.1) is 11.7 Å². The van der Waals surface area contributed by atoms with Gasteiger partial charge in [0, 0.05) is 22.6 Å². The lowest BCUT2D eigenvalue weighted by atomic mass is 9.91. The molecule has 1 aromatic heterocycles. The van der Waals surface area contributed by atoms with Crippen LogP contribution in [-0.2, 0) is 4.79 Å². The van der Waals surface area contributed by atoms with Gasteiger partial charge >= 0.3 is 0 Å². The standard InChI is InChI=1S/C16H13N3O/c20-16-13(12-3-1-2-4-14(12)18-16)7-10-5-6-11-9-17-19-15(11)8-10/h1-2,4-9,12H,3H2,(H,17,19)(H,18,20)/b13-7+. The van der Waals surface area contributed by atoms with E-state index in [1.807, 2.05) is 36.4 Å². The first-order valence-corrected chi connectivity index (χ1v) is 6.64. The first-order chi connectivity index (χ1) is 9.81. The van der Waals surface area contributed by atoms with Gasteiger partial charge in [-0.1, -0.05) is 24.3 Å². The number of H-pyrrole nitrogens is 1. The van der Waals surface area contributed by atoms with E-state index in [9.17, 15) is 4.79 Å². The third-order valence-electron chi connectivity index (χ3n) is 3.84. The molecule has 1 aliphatic heterocycles. The molecule has 4 heteroatoms. The number of aromatic amines is 1. The van der Waals surface area contributed by atoms with E-state index in [0.717, 1.165) is 34.2 Å². The Bertz CT molecular complexity index is 795. The number of amides is 1. The summed E-state index contributed by atoms with van der Waals surface area (Å²) in [7, 11) is 0. The molecular weight excluding hydrogens is 250 g/mol. The van der Waals surface area contributed by atoms with Crippen molar-refractivity contribution in [3.8, 4) is 0 Å². The first kappa shape index (κ1) is 11.2. The molecule has 1 aliphatic carbocycles. The molecule has 4 nitrogen and oxygen atoms in total. The molecule has 0 radical (unpaired) electrons. The van der Waals surface area contributed by atoms with Crippen LogP contribution in [0.2, 0.25) is 0 Å². The minimum Gasteiger partial charge on any atom is -0.325 e. The molecule has 0 saturated carbocycles. The maximum Gasteiger partial charge on any atom is 0.252 e. The lowest BCUT2D eigenvalue weighted by Crippen LogP contribution is -2.13. The third kappa shape index (κ3) is 1.69. The quantitative estimate of drug-likeness (QED) is 0.777. The number of benzene rings is 1. The fourth-order valence-corrected chi connectivity index (χ4v) is 2.80. The van der Waals surface area contributed by atoms with Crippen LogP contribution >= 0.6 is 0 Å². The summed E-state index contributed by atoms with van der Waals surface area (Å²) in [5.74, 6) is 0.180. The molecule has 1 unspecified atom stereocenters. The number of carbonyl (C=O) groups excluding carboxylic acids is 1. The summed E-state index contributed by atoms with van der Waals surface area (Å²) in [6.45, 7) is 0. The third-order valence-corrected chi connectivity index (χ3v) is 3.84. The highest BCUT2D eigenvalue weighted by Gasteiger charge is 2.32. The fourth-order valence-electron chi connectivity index (χ4n) is 2.80. The van der Waals surface area contributed by atoms with Crippen LogP contribution < -0.4 is 5.32 Å². The average Bonchev–Trinajstić information content (AvgIpc) is 3.04. The monoisotopic (exact) mass is 263 g/mol. The van der Waals surface area contributed by atoms with Crippen molar-refractivity contribution in [1.29, 1.82) is 0 Å². The summed E-state index contributed by atoms with van der Waals surface area (Å²) in [5.41, 5.74) is 3.84. The Morgan fingerprint density at radius 2 is 2.30 bits per heavy atom. The molecule has 20 heavy (non-hydrogen) atoms. The van der Waals surface area contributed by atoms with Gasteiger partial charge in [-0.2, -0.15) is 5.10 Å². The van der Waals surface area contributed by atoms with Gasteiger partial charge in [-0.25, -0.2) is 0 Å². The second-order valence-corrected chi connectivity index (χ2v) is 5.11.